The van der Waals surface area contributed by atoms with Gasteiger partial charge in [0.25, 0.3) is 0 Å². The molecule has 5 heteroatoms. The Bertz CT molecular complexity index is 795. The van der Waals surface area contributed by atoms with Crippen molar-refractivity contribution in [3.63, 3.8) is 0 Å². The van der Waals surface area contributed by atoms with Gasteiger partial charge in [-0.25, -0.2) is 4.79 Å². The van der Waals surface area contributed by atoms with Crippen molar-refractivity contribution in [1.82, 2.24) is 20.1 Å². The van der Waals surface area contributed by atoms with E-state index in [2.05, 4.69) is 53.4 Å². The number of carbonyl (C=O) groups excluding carboxylic acids is 1. The van der Waals surface area contributed by atoms with Crippen molar-refractivity contribution in [2.75, 3.05) is 33.2 Å². The molecule has 0 saturated carbocycles. The van der Waals surface area contributed by atoms with Crippen LogP contribution in [0, 0.1) is 5.92 Å². The van der Waals surface area contributed by atoms with Gasteiger partial charge >= 0.3 is 6.03 Å². The van der Waals surface area contributed by atoms with Crippen LogP contribution >= 0.6 is 0 Å². The fourth-order valence-corrected chi connectivity index (χ4v) is 4.64. The first kappa shape index (κ1) is 18.2. The van der Waals surface area contributed by atoms with E-state index in [0.717, 1.165) is 51.0 Å². The largest absolute Gasteiger partial charge is 0.335 e. The Hall–Kier alpha value is -2.14. The molecule has 5 nitrogen and oxygen atoms in total. The molecular formula is C22H30N4O. The van der Waals surface area contributed by atoms with E-state index < -0.39 is 0 Å². The number of piperidine rings is 2. The zero-order valence-corrected chi connectivity index (χ0v) is 16.4. The summed E-state index contributed by atoms with van der Waals surface area (Å²) in [6, 6.07) is 10.9. The average Bonchev–Trinajstić information content (AvgIpc) is 2.69. The number of nitrogens with one attached hydrogen (secondary N) is 1. The summed E-state index contributed by atoms with van der Waals surface area (Å²) in [6.45, 7) is 6.01. The van der Waals surface area contributed by atoms with Gasteiger partial charge in [-0.05, 0) is 63.0 Å². The van der Waals surface area contributed by atoms with Gasteiger partial charge in [0.15, 0.2) is 0 Å². The summed E-state index contributed by atoms with van der Waals surface area (Å²) in [7, 11) is 2.15. The predicted octanol–water partition coefficient (Wildman–Crippen LogP) is 3.46. The van der Waals surface area contributed by atoms with E-state index in [9.17, 15) is 4.79 Å². The van der Waals surface area contributed by atoms with Gasteiger partial charge in [-0.3, -0.25) is 4.98 Å². The van der Waals surface area contributed by atoms with E-state index in [1.807, 2.05) is 17.2 Å². The summed E-state index contributed by atoms with van der Waals surface area (Å²) in [5.41, 5.74) is 2.36. The Kier molecular flexibility index (Phi) is 5.30. The Balaban J connectivity index is 1.48. The van der Waals surface area contributed by atoms with Crippen LogP contribution in [0.25, 0.3) is 10.9 Å². The maximum Gasteiger partial charge on any atom is 0.317 e. The monoisotopic (exact) mass is 366 g/mol. The van der Waals surface area contributed by atoms with Gasteiger partial charge in [0.1, 0.15) is 0 Å². The summed E-state index contributed by atoms with van der Waals surface area (Å²) >= 11 is 0. The van der Waals surface area contributed by atoms with Gasteiger partial charge in [-0.15, -0.1) is 0 Å². The van der Waals surface area contributed by atoms with Crippen LogP contribution in [0.3, 0.4) is 0 Å². The Morgan fingerprint density at radius 3 is 2.78 bits per heavy atom. The van der Waals surface area contributed by atoms with Gasteiger partial charge < -0.3 is 15.1 Å². The van der Waals surface area contributed by atoms with Gasteiger partial charge in [0.05, 0.1) is 5.52 Å². The molecular weight excluding hydrogens is 336 g/mol. The summed E-state index contributed by atoms with van der Waals surface area (Å²) in [5, 5.41) is 4.50. The number of carbonyl (C=O) groups is 1. The molecule has 1 aromatic carbocycles. The van der Waals surface area contributed by atoms with Crippen molar-refractivity contribution in [1.29, 1.82) is 0 Å². The van der Waals surface area contributed by atoms with Gasteiger partial charge in [-0.1, -0.05) is 25.1 Å². The highest BCUT2D eigenvalue weighted by molar-refractivity contribution is 5.83. The number of hydrogen-bond acceptors (Lipinski definition) is 3. The zero-order valence-electron chi connectivity index (χ0n) is 16.4. The van der Waals surface area contributed by atoms with Gasteiger partial charge in [0, 0.05) is 36.6 Å². The number of nitrogens with zero attached hydrogens (tertiary/aromatic N) is 3. The first-order valence-corrected chi connectivity index (χ1v) is 10.2. The second-order valence-corrected chi connectivity index (χ2v) is 8.39. The molecule has 0 spiro atoms. The second kappa shape index (κ2) is 7.85. The van der Waals surface area contributed by atoms with Crippen LogP contribution in [-0.2, 0) is 0 Å². The lowest BCUT2D eigenvalue weighted by atomic mass is 9.84. The lowest BCUT2D eigenvalue weighted by molar-refractivity contribution is 0.150. The number of urea groups is 1. The fraction of sp³-hybridized carbons (Fsp3) is 0.545. The van der Waals surface area contributed by atoms with Crippen LogP contribution in [0.5, 0.6) is 0 Å². The first-order chi connectivity index (χ1) is 13.1. The van der Waals surface area contributed by atoms with E-state index >= 15 is 0 Å². The van der Waals surface area contributed by atoms with Gasteiger partial charge in [-0.2, -0.15) is 0 Å². The van der Waals surface area contributed by atoms with E-state index in [1.54, 1.807) is 0 Å². The smallest absolute Gasteiger partial charge is 0.317 e. The molecule has 2 aromatic rings. The third-order valence-corrected chi connectivity index (χ3v) is 6.11. The fourth-order valence-electron chi connectivity index (χ4n) is 4.64. The molecule has 144 valence electrons. The van der Waals surface area contributed by atoms with Crippen molar-refractivity contribution in [2.24, 2.45) is 5.92 Å². The zero-order chi connectivity index (χ0) is 18.8. The molecule has 2 amide bonds. The van der Waals surface area contributed by atoms with Crippen molar-refractivity contribution < 1.29 is 4.79 Å². The molecule has 2 saturated heterocycles. The van der Waals surface area contributed by atoms with Crippen LogP contribution in [0.1, 0.15) is 37.7 Å². The minimum atomic E-state index is 0.111. The molecule has 1 aromatic heterocycles. The van der Waals surface area contributed by atoms with Crippen LogP contribution in [-0.4, -0.2) is 60.1 Å². The number of benzene rings is 1. The summed E-state index contributed by atoms with van der Waals surface area (Å²) < 4.78 is 0. The Morgan fingerprint density at radius 2 is 1.96 bits per heavy atom. The van der Waals surface area contributed by atoms with Crippen LogP contribution < -0.4 is 5.32 Å². The van der Waals surface area contributed by atoms with Crippen LogP contribution in [0.4, 0.5) is 4.79 Å². The third-order valence-electron chi connectivity index (χ3n) is 6.11. The third kappa shape index (κ3) is 4.08. The van der Waals surface area contributed by atoms with Gasteiger partial charge in [0.2, 0.25) is 0 Å². The minimum Gasteiger partial charge on any atom is -0.335 e. The number of amides is 2. The van der Waals surface area contributed by atoms with Crippen molar-refractivity contribution >= 4 is 16.9 Å². The topological polar surface area (TPSA) is 48.5 Å². The maximum atomic E-state index is 12.9. The number of pyridine rings is 1. The van der Waals surface area contributed by atoms with E-state index in [-0.39, 0.29) is 6.03 Å². The Labute approximate surface area is 161 Å². The molecule has 2 aliphatic rings. The number of rotatable bonds is 2. The number of hydrogen-bond donors (Lipinski definition) is 1. The van der Waals surface area contributed by atoms with Crippen LogP contribution in [0.15, 0.2) is 36.5 Å². The van der Waals surface area contributed by atoms with Crippen molar-refractivity contribution in [3.8, 4) is 0 Å². The maximum absolute atomic E-state index is 12.9. The quantitative estimate of drug-likeness (QED) is 0.885. The lowest BCUT2D eigenvalue weighted by Crippen LogP contribution is -2.52. The van der Waals surface area contributed by atoms with Crippen molar-refractivity contribution in [3.05, 3.63) is 42.1 Å². The molecule has 2 aliphatic heterocycles. The predicted molar refractivity (Wildman–Crippen MR) is 109 cm³/mol. The first-order valence-electron chi connectivity index (χ1n) is 10.2. The van der Waals surface area contributed by atoms with Crippen LogP contribution in [0.2, 0.25) is 0 Å². The molecule has 2 fully saturated rings. The average molecular weight is 367 g/mol. The molecule has 0 radical (unpaired) electrons. The molecule has 3 heterocycles. The number of fused-ring (bicyclic) bond motifs is 1. The second-order valence-electron chi connectivity index (χ2n) is 8.39. The van der Waals surface area contributed by atoms with E-state index in [1.165, 1.54) is 10.9 Å². The highest BCUT2D eigenvalue weighted by atomic mass is 16.2. The summed E-state index contributed by atoms with van der Waals surface area (Å²) in [6.07, 6.45) is 5.05. The molecule has 4 rings (SSSR count). The minimum absolute atomic E-state index is 0.111. The molecule has 27 heavy (non-hydrogen) atoms. The Morgan fingerprint density at radius 1 is 1.15 bits per heavy atom. The normalized spacial score (nSPS) is 24.9. The molecule has 0 aliphatic carbocycles. The molecule has 0 unspecified atom stereocenters. The molecule has 2 atom stereocenters. The summed E-state index contributed by atoms with van der Waals surface area (Å²) in [4.78, 5) is 21.8. The number of aromatic nitrogens is 1. The van der Waals surface area contributed by atoms with E-state index in [0.29, 0.717) is 17.9 Å². The van der Waals surface area contributed by atoms with Crippen molar-refractivity contribution in [2.45, 2.75) is 38.1 Å². The number of likely N-dealkylation sites (tertiary alicyclic amines) is 2. The highest BCUT2D eigenvalue weighted by Crippen LogP contribution is 2.33. The molecule has 0 bridgehead atoms. The standard InChI is InChI=1S/C22H30N4O/c1-16-13-17(19-5-3-7-21-20(19)6-4-10-23-21)15-26(14-16)22(27)24-18-8-11-25(2)12-9-18/h3-7,10,16-18H,8-9,11-15H2,1-2H3,(H,24,27)/t16-,17-/m1/s1. The molecule has 1 N–H and O–H groups in total. The summed E-state index contributed by atoms with van der Waals surface area (Å²) in [5.74, 6) is 0.865. The SMILES string of the molecule is C[C@@H]1C[C@@H](c2cccc3ncccc23)CN(C(=O)NC2CCN(C)CC2)C1. The highest BCUT2D eigenvalue weighted by Gasteiger charge is 2.31. The lowest BCUT2D eigenvalue weighted by Gasteiger charge is -2.38. The van der Waals surface area contributed by atoms with E-state index in [4.69, 9.17) is 0 Å².